The number of fused-ring (bicyclic) bond motifs is 1. The first-order valence-electron chi connectivity index (χ1n) is 11.6. The summed E-state index contributed by atoms with van der Waals surface area (Å²) in [6.07, 6.45) is 3.36. The molecule has 1 saturated heterocycles. The lowest BCUT2D eigenvalue weighted by molar-refractivity contribution is -0.134. The number of nitrogens with zero attached hydrogens (tertiary/aromatic N) is 4. The van der Waals surface area contributed by atoms with Crippen LogP contribution in [0.4, 0.5) is 0 Å². The Morgan fingerprint density at radius 2 is 1.90 bits per heavy atom. The summed E-state index contributed by atoms with van der Waals surface area (Å²) in [7, 11) is 2.06. The van der Waals surface area contributed by atoms with Gasteiger partial charge < -0.3 is 9.47 Å². The van der Waals surface area contributed by atoms with Gasteiger partial charge in [0.1, 0.15) is 5.82 Å². The number of aromatic nitrogens is 2. The van der Waals surface area contributed by atoms with E-state index in [9.17, 15) is 4.79 Å². The number of amides is 1. The normalized spacial score (nSPS) is 23.4. The number of hydrogen-bond acceptors (Lipinski definition) is 3. The maximum Gasteiger partial charge on any atom is 0.226 e. The molecule has 1 amide bonds. The predicted octanol–water partition coefficient (Wildman–Crippen LogP) is 4.19. The van der Waals surface area contributed by atoms with Crippen molar-refractivity contribution in [2.45, 2.75) is 44.7 Å². The van der Waals surface area contributed by atoms with Crippen molar-refractivity contribution < 1.29 is 4.79 Å². The van der Waals surface area contributed by atoms with Gasteiger partial charge in [-0.25, -0.2) is 4.98 Å². The molecule has 162 valence electrons. The molecule has 5 rings (SSSR count). The van der Waals surface area contributed by atoms with E-state index in [-0.39, 0.29) is 5.92 Å². The fraction of sp³-hybridized carbons (Fsp3) is 0.462. The highest BCUT2D eigenvalue weighted by Crippen LogP contribution is 2.48. The predicted molar refractivity (Wildman–Crippen MR) is 124 cm³/mol. The molecule has 3 atom stereocenters. The minimum Gasteiger partial charge on any atom is -0.333 e. The third kappa shape index (κ3) is 3.99. The fourth-order valence-electron chi connectivity index (χ4n) is 5.28. The van der Waals surface area contributed by atoms with E-state index in [1.54, 1.807) is 0 Å². The van der Waals surface area contributed by atoms with Gasteiger partial charge in [0.2, 0.25) is 5.91 Å². The minimum absolute atomic E-state index is 0.105. The van der Waals surface area contributed by atoms with E-state index in [0.29, 0.717) is 24.4 Å². The zero-order chi connectivity index (χ0) is 21.4. The van der Waals surface area contributed by atoms with Crippen LogP contribution in [0.3, 0.4) is 0 Å². The van der Waals surface area contributed by atoms with Gasteiger partial charge in [-0.2, -0.15) is 0 Å². The third-order valence-electron chi connectivity index (χ3n) is 7.20. The molecule has 1 aromatic heterocycles. The van der Waals surface area contributed by atoms with E-state index in [2.05, 4.69) is 58.7 Å². The van der Waals surface area contributed by atoms with Crippen LogP contribution in [-0.2, 0) is 18.4 Å². The highest BCUT2D eigenvalue weighted by molar-refractivity contribution is 5.83. The molecule has 31 heavy (non-hydrogen) atoms. The van der Waals surface area contributed by atoms with E-state index in [1.807, 2.05) is 24.3 Å². The molecule has 1 aliphatic heterocycles. The van der Waals surface area contributed by atoms with Crippen LogP contribution in [0.2, 0.25) is 0 Å². The summed E-state index contributed by atoms with van der Waals surface area (Å²) in [5.74, 6) is 1.73. The van der Waals surface area contributed by atoms with Gasteiger partial charge in [0, 0.05) is 25.6 Å². The van der Waals surface area contributed by atoms with Gasteiger partial charge >= 0.3 is 0 Å². The Labute approximate surface area is 184 Å². The molecule has 0 N–H and O–H groups in total. The number of likely N-dealkylation sites (N-methyl/N-ethyl adjacent to an activating group) is 1. The highest BCUT2D eigenvalue weighted by Gasteiger charge is 2.46. The topological polar surface area (TPSA) is 41.4 Å². The Morgan fingerprint density at radius 3 is 2.68 bits per heavy atom. The standard InChI is InChI=1S/C26H32N4O/c1-3-29-15-9-12-20(29)17-30(18-25-27-23-13-7-8-14-24(23)28(25)2)26(31)22-16-21(22)19-10-5-4-6-11-19/h4-8,10-11,13-14,20-22H,3,9,12,15-18H2,1-2H3/t20-,21-,22+/m0/s1. The smallest absolute Gasteiger partial charge is 0.226 e. The Hall–Kier alpha value is -2.66. The summed E-state index contributed by atoms with van der Waals surface area (Å²) in [5.41, 5.74) is 3.41. The van der Waals surface area contributed by atoms with Crippen molar-refractivity contribution in [3.63, 3.8) is 0 Å². The number of aryl methyl sites for hydroxylation is 1. The van der Waals surface area contributed by atoms with E-state index in [4.69, 9.17) is 4.98 Å². The van der Waals surface area contributed by atoms with Crippen LogP contribution in [0.1, 0.15) is 43.5 Å². The van der Waals surface area contributed by atoms with Crippen molar-refractivity contribution in [2.75, 3.05) is 19.6 Å². The number of imidazole rings is 1. The van der Waals surface area contributed by atoms with Gasteiger partial charge in [0.25, 0.3) is 0 Å². The Bertz CT molecular complexity index is 1060. The number of hydrogen-bond donors (Lipinski definition) is 0. The third-order valence-corrected chi connectivity index (χ3v) is 7.20. The summed E-state index contributed by atoms with van der Waals surface area (Å²) in [6.45, 7) is 5.80. The molecule has 1 aliphatic carbocycles. The molecule has 5 nitrogen and oxygen atoms in total. The average Bonchev–Trinajstić information content (AvgIpc) is 3.38. The Kier molecular flexibility index (Phi) is 5.53. The van der Waals surface area contributed by atoms with Crippen LogP contribution in [0, 0.1) is 5.92 Å². The second-order valence-electron chi connectivity index (χ2n) is 9.08. The quantitative estimate of drug-likeness (QED) is 0.580. The van der Waals surface area contributed by atoms with Gasteiger partial charge in [-0.15, -0.1) is 0 Å². The fourth-order valence-corrected chi connectivity index (χ4v) is 5.28. The molecule has 1 saturated carbocycles. The maximum absolute atomic E-state index is 13.7. The van der Waals surface area contributed by atoms with Gasteiger partial charge in [0.15, 0.2) is 0 Å². The number of carbonyl (C=O) groups is 1. The number of likely N-dealkylation sites (tertiary alicyclic amines) is 1. The summed E-state index contributed by atoms with van der Waals surface area (Å²) in [5, 5.41) is 0. The van der Waals surface area contributed by atoms with E-state index in [1.165, 1.54) is 18.4 Å². The van der Waals surface area contributed by atoms with Gasteiger partial charge in [-0.05, 0) is 56.0 Å². The molecule has 2 aliphatic rings. The lowest BCUT2D eigenvalue weighted by Crippen LogP contribution is -2.43. The lowest BCUT2D eigenvalue weighted by atomic mass is 10.1. The van der Waals surface area contributed by atoms with Crippen LogP contribution in [0.5, 0.6) is 0 Å². The largest absolute Gasteiger partial charge is 0.333 e. The molecular weight excluding hydrogens is 384 g/mol. The molecule has 2 aromatic carbocycles. The van der Waals surface area contributed by atoms with Crippen molar-refractivity contribution in [3.05, 3.63) is 66.0 Å². The first kappa shape index (κ1) is 20.3. The Balaban J connectivity index is 1.39. The zero-order valence-corrected chi connectivity index (χ0v) is 18.6. The average molecular weight is 417 g/mol. The first-order chi connectivity index (χ1) is 15.2. The molecule has 0 radical (unpaired) electrons. The summed E-state index contributed by atoms with van der Waals surface area (Å²) in [4.78, 5) is 23.2. The summed E-state index contributed by atoms with van der Waals surface area (Å²) in [6, 6.07) is 19.2. The number of rotatable bonds is 7. The van der Waals surface area contributed by atoms with Crippen LogP contribution in [0.25, 0.3) is 11.0 Å². The second-order valence-corrected chi connectivity index (χ2v) is 9.08. The van der Waals surface area contributed by atoms with Crippen LogP contribution < -0.4 is 0 Å². The highest BCUT2D eigenvalue weighted by atomic mass is 16.2. The number of para-hydroxylation sites is 2. The van der Waals surface area contributed by atoms with E-state index in [0.717, 1.165) is 42.9 Å². The van der Waals surface area contributed by atoms with Crippen molar-refractivity contribution in [1.29, 1.82) is 0 Å². The summed E-state index contributed by atoms with van der Waals surface area (Å²) < 4.78 is 2.14. The van der Waals surface area contributed by atoms with Crippen molar-refractivity contribution in [1.82, 2.24) is 19.4 Å². The molecular formula is C26H32N4O. The lowest BCUT2D eigenvalue weighted by Gasteiger charge is -2.30. The maximum atomic E-state index is 13.7. The zero-order valence-electron chi connectivity index (χ0n) is 18.6. The number of carbonyl (C=O) groups excluding carboxylic acids is 1. The molecule has 0 bridgehead atoms. The van der Waals surface area contributed by atoms with Crippen molar-refractivity contribution >= 4 is 16.9 Å². The molecule has 2 heterocycles. The van der Waals surface area contributed by atoms with Gasteiger partial charge in [-0.1, -0.05) is 49.4 Å². The second kappa shape index (κ2) is 8.46. The van der Waals surface area contributed by atoms with Gasteiger partial charge in [-0.3, -0.25) is 9.69 Å². The number of benzene rings is 2. The summed E-state index contributed by atoms with van der Waals surface area (Å²) >= 11 is 0. The monoisotopic (exact) mass is 416 g/mol. The van der Waals surface area contributed by atoms with Crippen molar-refractivity contribution in [3.8, 4) is 0 Å². The minimum atomic E-state index is 0.105. The van der Waals surface area contributed by atoms with E-state index < -0.39 is 0 Å². The molecule has 3 aromatic rings. The van der Waals surface area contributed by atoms with Gasteiger partial charge in [0.05, 0.1) is 17.6 Å². The molecule has 5 heteroatoms. The van der Waals surface area contributed by atoms with E-state index >= 15 is 0 Å². The van der Waals surface area contributed by atoms with Crippen LogP contribution >= 0.6 is 0 Å². The first-order valence-corrected chi connectivity index (χ1v) is 11.6. The molecule has 0 spiro atoms. The SMILES string of the molecule is CCN1CCC[C@H]1CN(Cc1nc2ccccc2n1C)C(=O)[C@@H]1C[C@H]1c1ccccc1. The molecule has 0 unspecified atom stereocenters. The van der Waals surface area contributed by atoms with Crippen molar-refractivity contribution in [2.24, 2.45) is 13.0 Å². The van der Waals surface area contributed by atoms with Crippen LogP contribution in [0.15, 0.2) is 54.6 Å². The Morgan fingerprint density at radius 1 is 1.13 bits per heavy atom. The van der Waals surface area contributed by atoms with Crippen LogP contribution in [-0.4, -0.2) is 50.9 Å². The molecule has 2 fully saturated rings.